The van der Waals surface area contributed by atoms with Crippen molar-refractivity contribution < 1.29 is 9.53 Å². The average molecular weight is 459 g/mol. The van der Waals surface area contributed by atoms with Crippen molar-refractivity contribution >= 4 is 5.91 Å². The molecule has 1 aromatic heterocycles. The van der Waals surface area contributed by atoms with E-state index in [9.17, 15) is 4.79 Å². The molecule has 0 unspecified atom stereocenters. The molecule has 0 N–H and O–H groups in total. The smallest absolute Gasteiger partial charge is 0.227 e. The summed E-state index contributed by atoms with van der Waals surface area (Å²) in [4.78, 5) is 17.9. The zero-order chi connectivity index (χ0) is 23.5. The minimum atomic E-state index is 0.190. The van der Waals surface area contributed by atoms with E-state index < -0.39 is 0 Å². The van der Waals surface area contributed by atoms with Crippen LogP contribution in [0, 0.1) is 0 Å². The van der Waals surface area contributed by atoms with Gasteiger partial charge in [-0.3, -0.25) is 9.69 Å². The van der Waals surface area contributed by atoms with Gasteiger partial charge < -0.3 is 9.64 Å². The quantitative estimate of drug-likeness (QED) is 0.477. The number of aromatic nitrogens is 2. The summed E-state index contributed by atoms with van der Waals surface area (Å²) in [5.41, 5.74) is 5.58. The molecule has 1 amide bonds. The molecule has 2 aromatic carbocycles. The molecule has 2 heterocycles. The number of hydrogen-bond acceptors (Lipinski definition) is 4. The monoisotopic (exact) mass is 458 g/mol. The Morgan fingerprint density at radius 1 is 1.12 bits per heavy atom. The Morgan fingerprint density at radius 3 is 2.62 bits per heavy atom. The number of para-hydroxylation sites is 2. The Balaban J connectivity index is 1.48. The molecule has 0 saturated heterocycles. The third-order valence-electron chi connectivity index (χ3n) is 6.90. The fourth-order valence-corrected chi connectivity index (χ4v) is 5.02. The number of amides is 1. The number of carbonyl (C=O) groups is 1. The SMILES string of the molecule is CCCN1CCc2c(c(CN(C(=O)Cc3ccccc3)C3CC3)nn2-c2ccccc2OC)C1. The van der Waals surface area contributed by atoms with E-state index in [-0.39, 0.29) is 5.91 Å². The second kappa shape index (κ2) is 10.0. The lowest BCUT2D eigenvalue weighted by atomic mass is 10.0. The summed E-state index contributed by atoms with van der Waals surface area (Å²) in [7, 11) is 1.70. The van der Waals surface area contributed by atoms with E-state index in [0.29, 0.717) is 19.0 Å². The van der Waals surface area contributed by atoms with Gasteiger partial charge in [-0.2, -0.15) is 5.10 Å². The van der Waals surface area contributed by atoms with Gasteiger partial charge in [-0.05, 0) is 43.5 Å². The summed E-state index contributed by atoms with van der Waals surface area (Å²) >= 11 is 0. The van der Waals surface area contributed by atoms with Crippen molar-refractivity contribution in [3.05, 3.63) is 77.1 Å². The highest BCUT2D eigenvalue weighted by Crippen LogP contribution is 2.33. The number of ether oxygens (including phenoxy) is 1. The standard InChI is InChI=1S/C28H34N4O2/c1-3-16-30-17-15-25-23(19-30)24(29-32(25)26-11-7-8-12-27(26)34-2)20-31(22-13-14-22)28(33)18-21-9-5-4-6-10-21/h4-12,22H,3,13-20H2,1-2H3. The Bertz CT molecular complexity index is 1140. The summed E-state index contributed by atoms with van der Waals surface area (Å²) in [6, 6.07) is 18.4. The molecule has 0 radical (unpaired) electrons. The van der Waals surface area contributed by atoms with Gasteiger partial charge in [0.2, 0.25) is 5.91 Å². The highest BCUT2D eigenvalue weighted by molar-refractivity contribution is 5.79. The summed E-state index contributed by atoms with van der Waals surface area (Å²) in [6.07, 6.45) is 4.68. The van der Waals surface area contributed by atoms with Crippen LogP contribution in [0.1, 0.15) is 48.7 Å². The molecule has 5 rings (SSSR count). The lowest BCUT2D eigenvalue weighted by Crippen LogP contribution is -2.35. The van der Waals surface area contributed by atoms with E-state index in [4.69, 9.17) is 9.84 Å². The van der Waals surface area contributed by atoms with Crippen LogP contribution in [0.2, 0.25) is 0 Å². The lowest BCUT2D eigenvalue weighted by Gasteiger charge is -2.28. The number of hydrogen-bond donors (Lipinski definition) is 0. The van der Waals surface area contributed by atoms with Crippen LogP contribution in [0.25, 0.3) is 5.69 Å². The fraction of sp³-hybridized carbons (Fsp3) is 0.429. The maximum atomic E-state index is 13.4. The van der Waals surface area contributed by atoms with Crippen LogP contribution in [0.5, 0.6) is 5.75 Å². The zero-order valence-corrected chi connectivity index (χ0v) is 20.2. The zero-order valence-electron chi connectivity index (χ0n) is 20.2. The molecular formula is C28H34N4O2. The van der Waals surface area contributed by atoms with Crippen LogP contribution in [-0.2, 0) is 30.7 Å². The van der Waals surface area contributed by atoms with Crippen molar-refractivity contribution in [2.24, 2.45) is 0 Å². The molecule has 0 bridgehead atoms. The van der Waals surface area contributed by atoms with Crippen molar-refractivity contribution in [2.75, 3.05) is 20.2 Å². The molecule has 6 nitrogen and oxygen atoms in total. The van der Waals surface area contributed by atoms with Crippen LogP contribution in [-0.4, -0.2) is 51.7 Å². The number of rotatable bonds is 9. The van der Waals surface area contributed by atoms with Crippen molar-refractivity contribution in [1.29, 1.82) is 0 Å². The van der Waals surface area contributed by atoms with Crippen molar-refractivity contribution in [2.45, 2.75) is 58.2 Å². The Hall–Kier alpha value is -3.12. The highest BCUT2D eigenvalue weighted by atomic mass is 16.5. The van der Waals surface area contributed by atoms with Gasteiger partial charge in [0.15, 0.2) is 0 Å². The molecular weight excluding hydrogens is 424 g/mol. The van der Waals surface area contributed by atoms with Gasteiger partial charge in [-0.25, -0.2) is 4.68 Å². The minimum Gasteiger partial charge on any atom is -0.494 e. The molecule has 34 heavy (non-hydrogen) atoms. The molecule has 2 aliphatic rings. The second-order valence-corrected chi connectivity index (χ2v) is 9.40. The Kier molecular flexibility index (Phi) is 6.68. The largest absolute Gasteiger partial charge is 0.494 e. The average Bonchev–Trinajstić information content (AvgIpc) is 3.65. The molecule has 1 aliphatic carbocycles. The third kappa shape index (κ3) is 4.73. The van der Waals surface area contributed by atoms with E-state index in [1.165, 1.54) is 11.3 Å². The van der Waals surface area contributed by atoms with Gasteiger partial charge in [-0.15, -0.1) is 0 Å². The number of fused-ring (bicyclic) bond motifs is 1. The molecule has 3 aromatic rings. The van der Waals surface area contributed by atoms with E-state index in [1.807, 2.05) is 48.5 Å². The second-order valence-electron chi connectivity index (χ2n) is 9.40. The van der Waals surface area contributed by atoms with Gasteiger partial charge in [0.25, 0.3) is 0 Å². The summed E-state index contributed by atoms with van der Waals surface area (Å²) in [5, 5.41) is 5.12. The first-order chi connectivity index (χ1) is 16.7. The molecule has 1 aliphatic heterocycles. The third-order valence-corrected chi connectivity index (χ3v) is 6.90. The van der Waals surface area contributed by atoms with Gasteiger partial charge in [0.1, 0.15) is 11.4 Å². The molecule has 6 heteroatoms. The minimum absolute atomic E-state index is 0.190. The highest BCUT2D eigenvalue weighted by Gasteiger charge is 2.35. The van der Waals surface area contributed by atoms with Crippen LogP contribution in [0.4, 0.5) is 0 Å². The number of methoxy groups -OCH3 is 1. The number of carbonyl (C=O) groups excluding carboxylic acids is 1. The maximum absolute atomic E-state index is 13.4. The first-order valence-corrected chi connectivity index (χ1v) is 12.5. The first kappa shape index (κ1) is 22.7. The lowest BCUT2D eigenvalue weighted by molar-refractivity contribution is -0.131. The molecule has 1 saturated carbocycles. The number of benzene rings is 2. The van der Waals surface area contributed by atoms with Crippen LogP contribution in [0.15, 0.2) is 54.6 Å². The Morgan fingerprint density at radius 2 is 1.88 bits per heavy atom. The van der Waals surface area contributed by atoms with Crippen LogP contribution < -0.4 is 4.74 Å². The van der Waals surface area contributed by atoms with Gasteiger partial charge in [0.05, 0.1) is 31.5 Å². The van der Waals surface area contributed by atoms with Crippen LogP contribution >= 0.6 is 0 Å². The predicted molar refractivity (Wildman–Crippen MR) is 133 cm³/mol. The van der Waals surface area contributed by atoms with E-state index >= 15 is 0 Å². The molecule has 0 atom stereocenters. The summed E-state index contributed by atoms with van der Waals surface area (Å²) in [5.74, 6) is 1.00. The van der Waals surface area contributed by atoms with Gasteiger partial charge >= 0.3 is 0 Å². The fourth-order valence-electron chi connectivity index (χ4n) is 5.02. The van der Waals surface area contributed by atoms with E-state index in [1.54, 1.807) is 7.11 Å². The maximum Gasteiger partial charge on any atom is 0.227 e. The normalized spacial score (nSPS) is 15.7. The van der Waals surface area contributed by atoms with Crippen molar-refractivity contribution in [3.63, 3.8) is 0 Å². The summed E-state index contributed by atoms with van der Waals surface area (Å²) in [6.45, 7) is 5.80. The van der Waals surface area contributed by atoms with E-state index in [0.717, 1.165) is 68.0 Å². The van der Waals surface area contributed by atoms with E-state index in [2.05, 4.69) is 27.5 Å². The predicted octanol–water partition coefficient (Wildman–Crippen LogP) is 4.38. The summed E-state index contributed by atoms with van der Waals surface area (Å²) < 4.78 is 7.73. The molecule has 1 fully saturated rings. The Labute approximate surface area is 202 Å². The first-order valence-electron chi connectivity index (χ1n) is 12.5. The van der Waals surface area contributed by atoms with Crippen LogP contribution in [0.3, 0.4) is 0 Å². The molecule has 178 valence electrons. The van der Waals surface area contributed by atoms with Gasteiger partial charge in [0, 0.05) is 31.1 Å². The number of nitrogens with zero attached hydrogens (tertiary/aromatic N) is 4. The molecule has 0 spiro atoms. The van der Waals surface area contributed by atoms with Gasteiger partial charge in [-0.1, -0.05) is 49.4 Å². The topological polar surface area (TPSA) is 50.6 Å². The van der Waals surface area contributed by atoms with Crippen molar-refractivity contribution in [3.8, 4) is 11.4 Å². The van der Waals surface area contributed by atoms with Crippen molar-refractivity contribution in [1.82, 2.24) is 19.6 Å².